The summed E-state index contributed by atoms with van der Waals surface area (Å²) < 4.78 is 11.1. The molecule has 1 aromatic carbocycles. The Kier molecular flexibility index (Phi) is 7.00. The van der Waals surface area contributed by atoms with Crippen molar-refractivity contribution in [1.82, 2.24) is 0 Å². The van der Waals surface area contributed by atoms with Gasteiger partial charge >= 0.3 is 0 Å². The molecule has 0 amide bonds. The number of allylic oxidation sites excluding steroid dienone is 1. The van der Waals surface area contributed by atoms with Crippen molar-refractivity contribution >= 4 is 6.08 Å². The minimum atomic E-state index is 0.763. The van der Waals surface area contributed by atoms with E-state index in [4.69, 9.17) is 9.47 Å². The highest BCUT2D eigenvalue weighted by Crippen LogP contribution is 2.28. The van der Waals surface area contributed by atoms with Gasteiger partial charge in [0.05, 0.1) is 13.7 Å². The Labute approximate surface area is 111 Å². The van der Waals surface area contributed by atoms with E-state index in [1.54, 1.807) is 7.11 Å². The van der Waals surface area contributed by atoms with Crippen LogP contribution in [0.3, 0.4) is 0 Å². The zero-order chi connectivity index (χ0) is 13.2. The molecule has 0 atom stereocenters. The highest BCUT2D eigenvalue weighted by molar-refractivity contribution is 5.55. The molecule has 0 radical (unpaired) electrons. The van der Waals surface area contributed by atoms with Crippen LogP contribution in [-0.4, -0.2) is 13.7 Å². The molecule has 1 rings (SSSR count). The van der Waals surface area contributed by atoms with E-state index in [0.717, 1.165) is 30.1 Å². The summed E-state index contributed by atoms with van der Waals surface area (Å²) in [6.45, 7) is 4.98. The number of rotatable bonds is 8. The van der Waals surface area contributed by atoms with Gasteiger partial charge in [-0.25, -0.2) is 0 Å². The Morgan fingerprint density at radius 1 is 1.11 bits per heavy atom. The molecule has 2 nitrogen and oxygen atoms in total. The van der Waals surface area contributed by atoms with E-state index in [0.29, 0.717) is 0 Å². The second-order valence-corrected chi connectivity index (χ2v) is 4.32. The van der Waals surface area contributed by atoms with Crippen molar-refractivity contribution in [2.45, 2.75) is 39.5 Å². The maximum atomic E-state index is 5.76. The first kappa shape index (κ1) is 14.6. The molecule has 18 heavy (non-hydrogen) atoms. The Hall–Kier alpha value is -1.44. The number of methoxy groups -OCH3 is 1. The average molecular weight is 248 g/mol. The van der Waals surface area contributed by atoms with Gasteiger partial charge in [-0.1, -0.05) is 44.4 Å². The fourth-order valence-electron chi connectivity index (χ4n) is 1.81. The van der Waals surface area contributed by atoms with Crippen LogP contribution >= 0.6 is 0 Å². The van der Waals surface area contributed by atoms with E-state index in [2.05, 4.69) is 6.92 Å². The third-order valence-electron chi connectivity index (χ3n) is 2.80. The van der Waals surface area contributed by atoms with Crippen molar-refractivity contribution in [3.63, 3.8) is 0 Å². The minimum Gasteiger partial charge on any atom is -0.493 e. The smallest absolute Gasteiger partial charge is 0.161 e. The molecule has 1 aromatic rings. The lowest BCUT2D eigenvalue weighted by Gasteiger charge is -2.11. The van der Waals surface area contributed by atoms with Gasteiger partial charge in [0.25, 0.3) is 0 Å². The number of benzene rings is 1. The van der Waals surface area contributed by atoms with E-state index >= 15 is 0 Å². The Morgan fingerprint density at radius 2 is 1.94 bits per heavy atom. The van der Waals surface area contributed by atoms with Gasteiger partial charge in [-0.05, 0) is 31.0 Å². The van der Waals surface area contributed by atoms with Gasteiger partial charge in [-0.2, -0.15) is 0 Å². The molecule has 0 N–H and O–H groups in total. The van der Waals surface area contributed by atoms with Gasteiger partial charge in [0.2, 0.25) is 0 Å². The molecular formula is C16H24O2. The molecule has 100 valence electrons. The summed E-state index contributed by atoms with van der Waals surface area (Å²) in [4.78, 5) is 0. The maximum Gasteiger partial charge on any atom is 0.161 e. The van der Waals surface area contributed by atoms with Crippen LogP contribution in [0.15, 0.2) is 24.3 Å². The van der Waals surface area contributed by atoms with Crippen molar-refractivity contribution in [3.05, 3.63) is 29.8 Å². The topological polar surface area (TPSA) is 18.5 Å². The van der Waals surface area contributed by atoms with Crippen LogP contribution in [0.5, 0.6) is 11.5 Å². The van der Waals surface area contributed by atoms with Gasteiger partial charge < -0.3 is 9.47 Å². The zero-order valence-corrected chi connectivity index (χ0v) is 11.7. The van der Waals surface area contributed by atoms with Crippen molar-refractivity contribution in [3.8, 4) is 11.5 Å². The quantitative estimate of drug-likeness (QED) is 0.621. The molecule has 0 aliphatic heterocycles. The lowest BCUT2D eigenvalue weighted by molar-refractivity contribution is 0.285. The molecule has 0 aliphatic carbocycles. The first-order chi connectivity index (χ1) is 8.81. The number of ether oxygens (including phenoxy) is 2. The summed E-state index contributed by atoms with van der Waals surface area (Å²) >= 11 is 0. The molecule has 0 saturated heterocycles. The predicted octanol–water partition coefficient (Wildman–Crippen LogP) is 4.69. The van der Waals surface area contributed by atoms with Crippen LogP contribution in [0.25, 0.3) is 6.08 Å². The van der Waals surface area contributed by atoms with Crippen LogP contribution in [-0.2, 0) is 0 Å². The van der Waals surface area contributed by atoms with E-state index in [-0.39, 0.29) is 0 Å². The molecule has 0 fully saturated rings. The first-order valence-corrected chi connectivity index (χ1v) is 6.75. The summed E-state index contributed by atoms with van der Waals surface area (Å²) in [7, 11) is 1.68. The van der Waals surface area contributed by atoms with Crippen LogP contribution in [0, 0.1) is 0 Å². The fourth-order valence-corrected chi connectivity index (χ4v) is 1.81. The van der Waals surface area contributed by atoms with Gasteiger partial charge in [0.1, 0.15) is 0 Å². The summed E-state index contributed by atoms with van der Waals surface area (Å²) in [6.07, 6.45) is 8.93. The molecule has 0 aromatic heterocycles. The van der Waals surface area contributed by atoms with Gasteiger partial charge in [-0.3, -0.25) is 0 Å². The zero-order valence-electron chi connectivity index (χ0n) is 11.7. The lowest BCUT2D eigenvalue weighted by atomic mass is 10.2. The van der Waals surface area contributed by atoms with Crippen LogP contribution in [0.2, 0.25) is 0 Å². The van der Waals surface area contributed by atoms with E-state index in [1.807, 2.05) is 37.3 Å². The van der Waals surface area contributed by atoms with Gasteiger partial charge in [0.15, 0.2) is 11.5 Å². The van der Waals surface area contributed by atoms with Crippen LogP contribution in [0.4, 0.5) is 0 Å². The third-order valence-corrected chi connectivity index (χ3v) is 2.80. The normalized spacial score (nSPS) is 10.8. The highest BCUT2D eigenvalue weighted by Gasteiger charge is 2.04. The Bertz CT molecular complexity index is 369. The van der Waals surface area contributed by atoms with E-state index in [1.165, 1.54) is 19.3 Å². The number of unbranched alkanes of at least 4 members (excludes halogenated alkanes) is 3. The molecule has 0 bridgehead atoms. The molecule has 0 spiro atoms. The number of hydrogen-bond donors (Lipinski definition) is 0. The molecule has 0 unspecified atom stereocenters. The molecular weight excluding hydrogens is 224 g/mol. The standard InChI is InChI=1S/C16H24O2/c1-4-6-7-8-12-18-15-11-10-14(9-5-2)13-16(15)17-3/h5,9-11,13H,4,6-8,12H2,1-3H3/b9-5+. The third kappa shape index (κ3) is 4.82. The maximum absolute atomic E-state index is 5.76. The van der Waals surface area contributed by atoms with Crippen molar-refractivity contribution in [2.75, 3.05) is 13.7 Å². The fraction of sp³-hybridized carbons (Fsp3) is 0.500. The largest absolute Gasteiger partial charge is 0.493 e. The summed E-state index contributed by atoms with van der Waals surface area (Å²) in [6, 6.07) is 6.03. The number of hydrogen-bond acceptors (Lipinski definition) is 2. The summed E-state index contributed by atoms with van der Waals surface area (Å²) in [5, 5.41) is 0. The van der Waals surface area contributed by atoms with Crippen LogP contribution in [0.1, 0.15) is 45.1 Å². The summed E-state index contributed by atoms with van der Waals surface area (Å²) in [5.41, 5.74) is 1.13. The average Bonchev–Trinajstić information content (AvgIpc) is 2.40. The molecule has 0 aliphatic rings. The Morgan fingerprint density at radius 3 is 2.61 bits per heavy atom. The molecule has 0 saturated carbocycles. The van der Waals surface area contributed by atoms with Gasteiger partial charge in [0, 0.05) is 0 Å². The lowest BCUT2D eigenvalue weighted by Crippen LogP contribution is -1.99. The van der Waals surface area contributed by atoms with Crippen molar-refractivity contribution in [1.29, 1.82) is 0 Å². The molecule has 0 heterocycles. The highest BCUT2D eigenvalue weighted by atomic mass is 16.5. The SMILES string of the molecule is C/C=C/c1ccc(OCCCCCC)c(OC)c1. The first-order valence-electron chi connectivity index (χ1n) is 6.75. The van der Waals surface area contributed by atoms with Crippen molar-refractivity contribution in [2.24, 2.45) is 0 Å². The van der Waals surface area contributed by atoms with Crippen LogP contribution < -0.4 is 9.47 Å². The second-order valence-electron chi connectivity index (χ2n) is 4.32. The predicted molar refractivity (Wildman–Crippen MR) is 77.3 cm³/mol. The molecule has 2 heteroatoms. The summed E-state index contributed by atoms with van der Waals surface area (Å²) in [5.74, 6) is 1.64. The van der Waals surface area contributed by atoms with Gasteiger partial charge in [-0.15, -0.1) is 0 Å². The minimum absolute atomic E-state index is 0.763. The second kappa shape index (κ2) is 8.62. The van der Waals surface area contributed by atoms with E-state index < -0.39 is 0 Å². The monoisotopic (exact) mass is 248 g/mol. The van der Waals surface area contributed by atoms with Crippen molar-refractivity contribution < 1.29 is 9.47 Å². The Balaban J connectivity index is 2.54. The van der Waals surface area contributed by atoms with E-state index in [9.17, 15) is 0 Å².